The van der Waals surface area contributed by atoms with Crippen LogP contribution in [-0.4, -0.2) is 17.6 Å². The Bertz CT molecular complexity index is 910. The molecule has 3 nitrogen and oxygen atoms in total. The first-order chi connectivity index (χ1) is 12.2. The molecule has 2 heterocycles. The summed E-state index contributed by atoms with van der Waals surface area (Å²) in [5.74, 6) is 0. The number of fused-ring (bicyclic) bond motifs is 3. The number of aryl methyl sites for hydroxylation is 2. The van der Waals surface area contributed by atoms with Crippen LogP contribution in [0, 0.1) is 17.8 Å². The molecule has 2 bridgehead atoms. The fourth-order valence-electron chi connectivity index (χ4n) is 6.11. The van der Waals surface area contributed by atoms with E-state index in [9.17, 15) is 4.79 Å². The third kappa shape index (κ3) is 3.00. The van der Waals surface area contributed by atoms with E-state index in [4.69, 9.17) is 0 Å². The molecular formula is C23H33N2O+. The van der Waals surface area contributed by atoms with Crippen LogP contribution in [0.1, 0.15) is 63.8 Å². The fourth-order valence-corrected chi connectivity index (χ4v) is 6.11. The van der Waals surface area contributed by atoms with Crippen LogP contribution in [0.5, 0.6) is 0 Å². The summed E-state index contributed by atoms with van der Waals surface area (Å²) in [6, 6.07) is 6.96. The van der Waals surface area contributed by atoms with E-state index in [1.54, 1.807) is 4.90 Å². The molecule has 3 unspecified atom stereocenters. The molecule has 1 aromatic carbocycles. The molecule has 2 fully saturated rings. The van der Waals surface area contributed by atoms with Gasteiger partial charge in [-0.2, -0.15) is 0 Å². The van der Waals surface area contributed by atoms with Crippen LogP contribution in [0.15, 0.2) is 23.0 Å². The summed E-state index contributed by atoms with van der Waals surface area (Å²) in [6.45, 7) is 13.6. The van der Waals surface area contributed by atoms with Crippen LogP contribution in [0.3, 0.4) is 0 Å². The van der Waals surface area contributed by atoms with Crippen molar-refractivity contribution in [1.29, 1.82) is 0 Å². The van der Waals surface area contributed by atoms with Crippen LogP contribution >= 0.6 is 0 Å². The van der Waals surface area contributed by atoms with E-state index < -0.39 is 0 Å². The van der Waals surface area contributed by atoms with Crippen molar-refractivity contribution in [1.82, 2.24) is 4.98 Å². The minimum atomic E-state index is 0.241. The van der Waals surface area contributed by atoms with Gasteiger partial charge in [0.05, 0.1) is 18.2 Å². The molecule has 1 saturated heterocycles. The fraction of sp³-hybridized carbons (Fsp3) is 0.609. The highest BCUT2D eigenvalue weighted by Gasteiger charge is 2.52. The van der Waals surface area contributed by atoms with Gasteiger partial charge in [-0.1, -0.05) is 33.8 Å². The topological polar surface area (TPSA) is 37.3 Å². The third-order valence-corrected chi connectivity index (χ3v) is 6.86. The number of nitrogens with one attached hydrogen (secondary N) is 2. The van der Waals surface area contributed by atoms with E-state index in [1.807, 2.05) is 0 Å². The largest absolute Gasteiger partial charge is 0.358 e. The number of aromatic amines is 1. The van der Waals surface area contributed by atoms with Gasteiger partial charge in [-0.3, -0.25) is 4.79 Å². The molecule has 2 aliphatic rings. The van der Waals surface area contributed by atoms with Crippen LogP contribution in [0.25, 0.3) is 10.9 Å². The predicted molar refractivity (Wildman–Crippen MR) is 108 cm³/mol. The second kappa shape index (κ2) is 5.95. The zero-order valence-corrected chi connectivity index (χ0v) is 17.0. The van der Waals surface area contributed by atoms with Crippen molar-refractivity contribution in [3.63, 3.8) is 0 Å². The van der Waals surface area contributed by atoms with Gasteiger partial charge >= 0.3 is 0 Å². The van der Waals surface area contributed by atoms with Crippen molar-refractivity contribution in [2.45, 2.75) is 72.9 Å². The molecule has 1 aromatic heterocycles. The molecule has 0 amide bonds. The Hall–Kier alpha value is -1.61. The number of quaternary nitrogens is 1. The summed E-state index contributed by atoms with van der Waals surface area (Å²) in [6.07, 6.45) is 4.87. The maximum atomic E-state index is 13.3. The molecule has 4 rings (SSSR count). The lowest BCUT2D eigenvalue weighted by Crippen LogP contribution is -3.12. The standard InChI is InChI=1S/C23H32N2O/c1-6-16-7-8-20-18(9-16)21(26)19(15(2)24-20)12-25-14-23(5)11-17(25)10-22(3,4)13-23/h7-9,17H,6,10-14H2,1-5H3,(H,24,26)/p+1. The van der Waals surface area contributed by atoms with E-state index in [0.29, 0.717) is 16.9 Å². The molecule has 26 heavy (non-hydrogen) atoms. The van der Waals surface area contributed by atoms with Crippen LogP contribution in [-0.2, 0) is 13.0 Å². The number of pyridine rings is 1. The lowest BCUT2D eigenvalue weighted by atomic mass is 9.65. The summed E-state index contributed by atoms with van der Waals surface area (Å²) >= 11 is 0. The quantitative estimate of drug-likeness (QED) is 0.872. The molecule has 1 aliphatic heterocycles. The second-order valence-electron chi connectivity index (χ2n) is 10.1. The van der Waals surface area contributed by atoms with Gasteiger partial charge in [0.25, 0.3) is 0 Å². The number of H-pyrrole nitrogens is 1. The minimum absolute atomic E-state index is 0.241. The summed E-state index contributed by atoms with van der Waals surface area (Å²) < 4.78 is 0. The van der Waals surface area contributed by atoms with Gasteiger partial charge in [-0.15, -0.1) is 0 Å². The molecule has 0 radical (unpaired) electrons. The van der Waals surface area contributed by atoms with Crippen LogP contribution < -0.4 is 10.3 Å². The monoisotopic (exact) mass is 353 g/mol. The Morgan fingerprint density at radius 3 is 2.73 bits per heavy atom. The SMILES string of the molecule is CCc1ccc2[nH]c(C)c(C[NH+]3CC4(C)CC3CC(C)(C)C4)c(=O)c2c1. The normalized spacial score (nSPS) is 30.0. The highest BCUT2D eigenvalue weighted by Crippen LogP contribution is 2.47. The van der Waals surface area contributed by atoms with Gasteiger partial charge < -0.3 is 9.88 Å². The maximum Gasteiger partial charge on any atom is 0.198 e. The van der Waals surface area contributed by atoms with Gasteiger partial charge in [0.1, 0.15) is 6.54 Å². The molecular weight excluding hydrogens is 320 g/mol. The molecule has 3 heteroatoms. The highest BCUT2D eigenvalue weighted by atomic mass is 16.1. The van der Waals surface area contributed by atoms with Crippen molar-refractivity contribution >= 4 is 10.9 Å². The highest BCUT2D eigenvalue weighted by molar-refractivity contribution is 5.80. The average Bonchev–Trinajstić information content (AvgIpc) is 2.79. The van der Waals surface area contributed by atoms with E-state index >= 15 is 0 Å². The molecule has 140 valence electrons. The summed E-state index contributed by atoms with van der Waals surface area (Å²) in [5, 5.41) is 0.859. The molecule has 2 N–H and O–H groups in total. The van der Waals surface area contributed by atoms with E-state index in [2.05, 4.69) is 57.8 Å². The third-order valence-electron chi connectivity index (χ3n) is 6.86. The summed E-state index contributed by atoms with van der Waals surface area (Å²) in [7, 11) is 0. The Kier molecular flexibility index (Phi) is 4.07. The first-order valence-electron chi connectivity index (χ1n) is 10.2. The van der Waals surface area contributed by atoms with Crippen molar-refractivity contribution in [3.05, 3.63) is 45.2 Å². The lowest BCUT2D eigenvalue weighted by Gasteiger charge is -2.37. The number of benzene rings is 1. The second-order valence-corrected chi connectivity index (χ2v) is 10.1. The van der Waals surface area contributed by atoms with Crippen molar-refractivity contribution < 1.29 is 4.90 Å². The zero-order chi connectivity index (χ0) is 18.7. The zero-order valence-electron chi connectivity index (χ0n) is 17.0. The van der Waals surface area contributed by atoms with Crippen molar-refractivity contribution in [3.8, 4) is 0 Å². The van der Waals surface area contributed by atoms with E-state index in [-0.39, 0.29) is 5.43 Å². The number of hydrogen-bond donors (Lipinski definition) is 2. The van der Waals surface area contributed by atoms with Gasteiger partial charge in [0.15, 0.2) is 5.43 Å². The number of aromatic nitrogens is 1. The molecule has 1 saturated carbocycles. The van der Waals surface area contributed by atoms with Gasteiger partial charge in [-0.25, -0.2) is 0 Å². The van der Waals surface area contributed by atoms with Crippen molar-refractivity contribution in [2.24, 2.45) is 10.8 Å². The number of hydrogen-bond acceptors (Lipinski definition) is 1. The minimum Gasteiger partial charge on any atom is -0.358 e. The Labute approximate surface area is 156 Å². The number of rotatable bonds is 3. The van der Waals surface area contributed by atoms with Gasteiger partial charge in [0, 0.05) is 34.9 Å². The Balaban J connectivity index is 1.71. The first-order valence-corrected chi connectivity index (χ1v) is 10.2. The Morgan fingerprint density at radius 2 is 2.00 bits per heavy atom. The molecule has 2 aromatic rings. The lowest BCUT2D eigenvalue weighted by molar-refractivity contribution is -0.928. The maximum absolute atomic E-state index is 13.3. The van der Waals surface area contributed by atoms with E-state index in [0.717, 1.165) is 35.1 Å². The van der Waals surface area contributed by atoms with Gasteiger partial charge in [-0.05, 0) is 42.9 Å². The van der Waals surface area contributed by atoms with Crippen molar-refractivity contribution in [2.75, 3.05) is 6.54 Å². The van der Waals surface area contributed by atoms with E-state index in [1.165, 1.54) is 31.4 Å². The smallest absolute Gasteiger partial charge is 0.198 e. The molecule has 0 spiro atoms. The molecule has 3 atom stereocenters. The first kappa shape index (κ1) is 17.8. The number of likely N-dealkylation sites (tertiary alicyclic amines) is 1. The van der Waals surface area contributed by atoms with Gasteiger partial charge in [0.2, 0.25) is 0 Å². The molecule has 1 aliphatic carbocycles. The Morgan fingerprint density at radius 1 is 1.23 bits per heavy atom. The summed E-state index contributed by atoms with van der Waals surface area (Å²) in [5.41, 5.74) is 5.35. The summed E-state index contributed by atoms with van der Waals surface area (Å²) in [4.78, 5) is 18.4. The average molecular weight is 354 g/mol. The predicted octanol–water partition coefficient (Wildman–Crippen LogP) is 3.38. The van der Waals surface area contributed by atoms with Crippen LogP contribution in [0.4, 0.5) is 0 Å². The van der Waals surface area contributed by atoms with Crippen LogP contribution in [0.2, 0.25) is 0 Å².